The Kier molecular flexibility index (Phi) is 5.44. The smallest absolute Gasteiger partial charge is 0.407 e. The number of rotatable bonds is 2. The van der Waals surface area contributed by atoms with E-state index in [0.29, 0.717) is 0 Å². The van der Waals surface area contributed by atoms with Gasteiger partial charge in [0.05, 0.1) is 0 Å². The molecule has 0 heterocycles. The SMILES string of the molecule is CNC(=O)N[C@H]1CC[C@@H](NC(=O)OC(C)(C)C)CC1. The maximum atomic E-state index is 11.6. The summed E-state index contributed by atoms with van der Waals surface area (Å²) in [5.41, 5.74) is -0.470. The Bertz CT molecular complexity index is 318. The minimum Gasteiger partial charge on any atom is -0.444 e. The molecule has 0 aromatic heterocycles. The minimum atomic E-state index is -0.470. The van der Waals surface area contributed by atoms with Crippen LogP contribution in [-0.2, 0) is 4.74 Å². The fourth-order valence-corrected chi connectivity index (χ4v) is 2.11. The lowest BCUT2D eigenvalue weighted by molar-refractivity contribution is 0.0490. The summed E-state index contributed by atoms with van der Waals surface area (Å²) in [7, 11) is 1.60. The average Bonchev–Trinajstić information content (AvgIpc) is 2.29. The number of ether oxygens (including phenoxy) is 1. The highest BCUT2D eigenvalue weighted by Crippen LogP contribution is 2.19. The van der Waals surface area contributed by atoms with Crippen LogP contribution in [0.1, 0.15) is 46.5 Å². The quantitative estimate of drug-likeness (QED) is 0.716. The van der Waals surface area contributed by atoms with Crippen molar-refractivity contribution in [3.05, 3.63) is 0 Å². The van der Waals surface area contributed by atoms with E-state index in [0.717, 1.165) is 25.7 Å². The van der Waals surface area contributed by atoms with E-state index >= 15 is 0 Å². The van der Waals surface area contributed by atoms with Gasteiger partial charge in [0.1, 0.15) is 5.60 Å². The van der Waals surface area contributed by atoms with E-state index in [4.69, 9.17) is 4.74 Å². The number of carbonyl (C=O) groups is 2. The van der Waals surface area contributed by atoms with Crippen LogP contribution >= 0.6 is 0 Å². The highest BCUT2D eigenvalue weighted by molar-refractivity contribution is 5.73. The summed E-state index contributed by atoms with van der Waals surface area (Å²) >= 11 is 0. The number of hydrogen-bond donors (Lipinski definition) is 3. The predicted molar refractivity (Wildman–Crippen MR) is 73.0 cm³/mol. The molecule has 1 fully saturated rings. The van der Waals surface area contributed by atoms with Crippen molar-refractivity contribution < 1.29 is 14.3 Å². The van der Waals surface area contributed by atoms with Crippen LogP contribution in [0.25, 0.3) is 0 Å². The Hall–Kier alpha value is -1.46. The molecular formula is C13H25N3O3. The van der Waals surface area contributed by atoms with E-state index < -0.39 is 5.60 Å². The normalized spacial score (nSPS) is 23.4. The van der Waals surface area contributed by atoms with Gasteiger partial charge in [0.15, 0.2) is 0 Å². The molecule has 0 bridgehead atoms. The second-order valence-corrected chi connectivity index (χ2v) is 5.92. The van der Waals surface area contributed by atoms with Gasteiger partial charge in [-0.1, -0.05) is 0 Å². The Morgan fingerprint density at radius 2 is 1.47 bits per heavy atom. The van der Waals surface area contributed by atoms with E-state index in [1.165, 1.54) is 0 Å². The summed E-state index contributed by atoms with van der Waals surface area (Å²) in [4.78, 5) is 22.8. The van der Waals surface area contributed by atoms with Gasteiger partial charge in [-0.3, -0.25) is 0 Å². The molecule has 0 spiro atoms. The maximum Gasteiger partial charge on any atom is 0.407 e. The summed E-state index contributed by atoms with van der Waals surface area (Å²) in [6.45, 7) is 5.53. The fraction of sp³-hybridized carbons (Fsp3) is 0.846. The summed E-state index contributed by atoms with van der Waals surface area (Å²) in [5, 5.41) is 8.30. The van der Waals surface area contributed by atoms with Gasteiger partial charge in [-0.25, -0.2) is 9.59 Å². The molecule has 1 aliphatic rings. The van der Waals surface area contributed by atoms with Crippen LogP contribution in [0.4, 0.5) is 9.59 Å². The molecule has 0 aromatic rings. The molecule has 0 aliphatic heterocycles. The fourth-order valence-electron chi connectivity index (χ4n) is 2.11. The van der Waals surface area contributed by atoms with Gasteiger partial charge in [-0.15, -0.1) is 0 Å². The van der Waals surface area contributed by atoms with Crippen LogP contribution in [-0.4, -0.2) is 36.9 Å². The highest BCUT2D eigenvalue weighted by atomic mass is 16.6. The molecule has 0 unspecified atom stereocenters. The van der Waals surface area contributed by atoms with Gasteiger partial charge in [0.25, 0.3) is 0 Å². The summed E-state index contributed by atoms with van der Waals surface area (Å²) in [5.74, 6) is 0. The average molecular weight is 271 g/mol. The second kappa shape index (κ2) is 6.63. The van der Waals surface area contributed by atoms with Crippen LogP contribution in [0.3, 0.4) is 0 Å². The van der Waals surface area contributed by atoms with E-state index in [1.54, 1.807) is 7.05 Å². The molecule has 6 heteroatoms. The first-order valence-corrected chi connectivity index (χ1v) is 6.78. The number of alkyl carbamates (subject to hydrolysis) is 1. The van der Waals surface area contributed by atoms with Gasteiger partial charge in [-0.2, -0.15) is 0 Å². The Morgan fingerprint density at radius 3 is 1.89 bits per heavy atom. The molecule has 0 saturated heterocycles. The number of hydrogen-bond acceptors (Lipinski definition) is 3. The van der Waals surface area contributed by atoms with E-state index in [2.05, 4.69) is 16.0 Å². The zero-order chi connectivity index (χ0) is 14.5. The molecule has 1 saturated carbocycles. The van der Waals surface area contributed by atoms with Gasteiger partial charge in [0, 0.05) is 19.1 Å². The summed E-state index contributed by atoms with van der Waals surface area (Å²) < 4.78 is 5.22. The Labute approximate surface area is 114 Å². The standard InChI is InChI=1S/C13H25N3O3/c1-13(2,3)19-12(18)16-10-7-5-9(6-8-10)15-11(17)14-4/h9-10H,5-8H2,1-4H3,(H,16,18)(H2,14,15,17)/t9-,10+. The van der Waals surface area contributed by atoms with Crippen molar-refractivity contribution in [2.75, 3.05) is 7.05 Å². The van der Waals surface area contributed by atoms with E-state index in [-0.39, 0.29) is 24.2 Å². The lowest BCUT2D eigenvalue weighted by Crippen LogP contribution is -2.46. The van der Waals surface area contributed by atoms with Crippen molar-refractivity contribution in [3.8, 4) is 0 Å². The van der Waals surface area contributed by atoms with E-state index in [1.807, 2.05) is 20.8 Å². The lowest BCUT2D eigenvalue weighted by atomic mass is 9.91. The molecule has 3 amide bonds. The van der Waals surface area contributed by atoms with Crippen molar-refractivity contribution in [1.29, 1.82) is 0 Å². The molecule has 3 N–H and O–H groups in total. The van der Waals surface area contributed by atoms with Crippen LogP contribution in [0.2, 0.25) is 0 Å². The second-order valence-electron chi connectivity index (χ2n) is 5.92. The summed E-state index contributed by atoms with van der Waals surface area (Å²) in [6, 6.07) is 0.178. The summed E-state index contributed by atoms with van der Waals surface area (Å²) in [6.07, 6.45) is 3.08. The third kappa shape index (κ3) is 6.31. The highest BCUT2D eigenvalue weighted by Gasteiger charge is 2.25. The number of urea groups is 1. The van der Waals surface area contributed by atoms with Crippen molar-refractivity contribution >= 4 is 12.1 Å². The third-order valence-corrected chi connectivity index (χ3v) is 3.01. The molecule has 0 atom stereocenters. The molecule has 0 aromatic carbocycles. The number of amides is 3. The Morgan fingerprint density at radius 1 is 1.00 bits per heavy atom. The molecular weight excluding hydrogens is 246 g/mol. The molecule has 1 rings (SSSR count). The molecule has 19 heavy (non-hydrogen) atoms. The van der Waals surface area contributed by atoms with Gasteiger partial charge >= 0.3 is 12.1 Å². The topological polar surface area (TPSA) is 79.5 Å². The minimum absolute atomic E-state index is 0.137. The zero-order valence-electron chi connectivity index (χ0n) is 12.2. The zero-order valence-corrected chi connectivity index (χ0v) is 12.2. The predicted octanol–water partition coefficient (Wildman–Crippen LogP) is 1.75. The molecule has 0 radical (unpaired) electrons. The van der Waals surface area contributed by atoms with Crippen LogP contribution in [0.5, 0.6) is 0 Å². The van der Waals surface area contributed by atoms with Crippen molar-refractivity contribution in [1.82, 2.24) is 16.0 Å². The van der Waals surface area contributed by atoms with Crippen molar-refractivity contribution in [2.45, 2.75) is 64.1 Å². The maximum absolute atomic E-state index is 11.6. The Balaban J connectivity index is 2.26. The lowest BCUT2D eigenvalue weighted by Gasteiger charge is -2.30. The van der Waals surface area contributed by atoms with Crippen molar-refractivity contribution in [2.24, 2.45) is 0 Å². The van der Waals surface area contributed by atoms with Gasteiger partial charge in [-0.05, 0) is 46.5 Å². The first-order chi connectivity index (χ1) is 8.80. The number of carbonyl (C=O) groups excluding carboxylic acids is 2. The molecule has 6 nitrogen and oxygen atoms in total. The monoisotopic (exact) mass is 271 g/mol. The van der Waals surface area contributed by atoms with Crippen LogP contribution in [0.15, 0.2) is 0 Å². The van der Waals surface area contributed by atoms with E-state index in [9.17, 15) is 9.59 Å². The first-order valence-electron chi connectivity index (χ1n) is 6.78. The third-order valence-electron chi connectivity index (χ3n) is 3.01. The first kappa shape index (κ1) is 15.6. The number of nitrogens with one attached hydrogen (secondary N) is 3. The molecule has 1 aliphatic carbocycles. The van der Waals surface area contributed by atoms with Crippen LogP contribution < -0.4 is 16.0 Å². The largest absolute Gasteiger partial charge is 0.444 e. The van der Waals surface area contributed by atoms with Gasteiger partial charge in [0.2, 0.25) is 0 Å². The van der Waals surface area contributed by atoms with Crippen molar-refractivity contribution in [3.63, 3.8) is 0 Å². The van der Waals surface area contributed by atoms with Gasteiger partial charge < -0.3 is 20.7 Å². The molecule has 110 valence electrons. The van der Waals surface area contributed by atoms with Crippen LogP contribution in [0, 0.1) is 0 Å².